The molecule has 0 saturated carbocycles. The van der Waals surface area contributed by atoms with Gasteiger partial charge < -0.3 is 29.4 Å². The Morgan fingerprint density at radius 1 is 0.344 bits per heavy atom. The topological polar surface area (TPSA) is 72.2 Å². The molecule has 0 radical (unpaired) electrons. The van der Waals surface area contributed by atoms with Crippen LogP contribution in [-0.4, -0.2) is 72.6 Å². The van der Waals surface area contributed by atoms with Crippen molar-refractivity contribution in [3.8, 4) is 0 Å². The van der Waals surface area contributed by atoms with Crippen molar-refractivity contribution in [2.75, 3.05) is 72.6 Å². The van der Waals surface area contributed by atoms with Gasteiger partial charge in [-0.3, -0.25) is 0 Å². The van der Waals surface area contributed by atoms with Gasteiger partial charge in [0.1, 0.15) is 0 Å². The van der Waals surface area contributed by atoms with Crippen LogP contribution in [0.5, 0.6) is 0 Å². The first kappa shape index (κ1) is 31.8. The summed E-state index contributed by atoms with van der Waals surface area (Å²) in [5.74, 6) is 0. The summed E-state index contributed by atoms with van der Waals surface area (Å²) in [4.78, 5) is 0. The highest BCUT2D eigenvalue weighted by molar-refractivity contribution is 4.49. The molecule has 0 saturated heterocycles. The van der Waals surface area contributed by atoms with Crippen LogP contribution in [-0.2, 0) is 23.7 Å². The van der Waals surface area contributed by atoms with Gasteiger partial charge in [0.25, 0.3) is 0 Å². The molecule has 32 heavy (non-hydrogen) atoms. The van der Waals surface area contributed by atoms with Crippen LogP contribution in [0.15, 0.2) is 0 Å². The highest BCUT2D eigenvalue weighted by Crippen LogP contribution is 2.12. The van der Waals surface area contributed by atoms with Gasteiger partial charge >= 0.3 is 0 Å². The maximum absolute atomic E-state index is 5.64. The molecular weight excluding hydrogens is 406 g/mol. The second-order valence-electron chi connectivity index (χ2n) is 8.45. The standard InChI is InChI=1S/C26H55NO5/c1-2-3-4-5-6-7-8-9-10-11-12-13-14-15-17-28-19-21-30-23-25-32-26-24-31-22-20-29-18-16-27/h2-27H2,1H3. The van der Waals surface area contributed by atoms with Crippen molar-refractivity contribution in [3.05, 3.63) is 0 Å². The van der Waals surface area contributed by atoms with Gasteiger partial charge in [-0.05, 0) is 6.42 Å². The summed E-state index contributed by atoms with van der Waals surface area (Å²) < 4.78 is 27.2. The van der Waals surface area contributed by atoms with E-state index in [1.807, 2.05) is 0 Å². The molecule has 0 aromatic rings. The Kier molecular flexibility index (Phi) is 30.5. The maximum Gasteiger partial charge on any atom is 0.0701 e. The molecule has 0 fully saturated rings. The van der Waals surface area contributed by atoms with Crippen molar-refractivity contribution in [2.45, 2.75) is 96.8 Å². The SMILES string of the molecule is CCCCCCCCCCCCCCCCOCCOCCOCCOCCOCCN. The zero-order valence-electron chi connectivity index (χ0n) is 21.3. The predicted octanol–water partition coefficient (Wildman–Crippen LogP) is 5.51. The molecule has 0 rings (SSSR count). The summed E-state index contributed by atoms with van der Waals surface area (Å²) in [5.41, 5.74) is 5.33. The molecule has 0 aromatic carbocycles. The van der Waals surface area contributed by atoms with E-state index in [4.69, 9.17) is 29.4 Å². The van der Waals surface area contributed by atoms with Crippen LogP contribution in [0.2, 0.25) is 0 Å². The Morgan fingerprint density at radius 3 is 0.969 bits per heavy atom. The van der Waals surface area contributed by atoms with Crippen molar-refractivity contribution < 1.29 is 23.7 Å². The van der Waals surface area contributed by atoms with E-state index in [9.17, 15) is 0 Å². The molecule has 0 aliphatic heterocycles. The maximum atomic E-state index is 5.64. The number of unbranched alkanes of at least 4 members (excludes halogenated alkanes) is 13. The van der Waals surface area contributed by atoms with E-state index in [2.05, 4.69) is 6.92 Å². The molecule has 0 aliphatic rings. The van der Waals surface area contributed by atoms with E-state index >= 15 is 0 Å². The third-order valence-electron chi connectivity index (χ3n) is 5.39. The minimum atomic E-state index is 0.549. The van der Waals surface area contributed by atoms with Gasteiger partial charge in [-0.2, -0.15) is 0 Å². The lowest BCUT2D eigenvalue weighted by molar-refractivity contribution is -0.0107. The largest absolute Gasteiger partial charge is 0.379 e. The van der Waals surface area contributed by atoms with Gasteiger partial charge in [-0.25, -0.2) is 0 Å². The van der Waals surface area contributed by atoms with Crippen molar-refractivity contribution in [2.24, 2.45) is 5.73 Å². The van der Waals surface area contributed by atoms with Gasteiger partial charge in [-0.1, -0.05) is 90.4 Å². The van der Waals surface area contributed by atoms with E-state index in [0.29, 0.717) is 66.0 Å². The lowest BCUT2D eigenvalue weighted by Gasteiger charge is -2.08. The van der Waals surface area contributed by atoms with Crippen LogP contribution in [0, 0.1) is 0 Å². The lowest BCUT2D eigenvalue weighted by Crippen LogP contribution is -2.14. The number of hydrogen-bond acceptors (Lipinski definition) is 6. The second kappa shape index (κ2) is 30.8. The Labute approximate surface area is 199 Å². The van der Waals surface area contributed by atoms with Crippen LogP contribution < -0.4 is 5.73 Å². The summed E-state index contributed by atoms with van der Waals surface area (Å²) in [7, 11) is 0. The van der Waals surface area contributed by atoms with Crippen LogP contribution >= 0.6 is 0 Å². The lowest BCUT2D eigenvalue weighted by atomic mass is 10.0. The fraction of sp³-hybridized carbons (Fsp3) is 1.00. The van der Waals surface area contributed by atoms with Gasteiger partial charge in [0.2, 0.25) is 0 Å². The van der Waals surface area contributed by atoms with E-state index in [0.717, 1.165) is 13.0 Å². The van der Waals surface area contributed by atoms with Gasteiger partial charge in [0.15, 0.2) is 0 Å². The third kappa shape index (κ3) is 29.8. The fourth-order valence-electron chi connectivity index (χ4n) is 3.46. The summed E-state index contributed by atoms with van der Waals surface area (Å²) in [6, 6.07) is 0. The minimum absolute atomic E-state index is 0.549. The normalized spacial score (nSPS) is 11.4. The van der Waals surface area contributed by atoms with Gasteiger partial charge in [-0.15, -0.1) is 0 Å². The summed E-state index contributed by atoms with van der Waals surface area (Å²) in [6.07, 6.45) is 19.4. The van der Waals surface area contributed by atoms with Crippen LogP contribution in [0.3, 0.4) is 0 Å². The molecular formula is C26H55NO5. The molecule has 6 heteroatoms. The Morgan fingerprint density at radius 2 is 0.625 bits per heavy atom. The zero-order chi connectivity index (χ0) is 23.2. The zero-order valence-corrected chi connectivity index (χ0v) is 21.3. The molecule has 0 bridgehead atoms. The Hall–Kier alpha value is -0.240. The highest BCUT2D eigenvalue weighted by Gasteiger charge is 1.96. The van der Waals surface area contributed by atoms with Gasteiger partial charge in [0.05, 0.1) is 59.5 Å². The second-order valence-corrected chi connectivity index (χ2v) is 8.45. The first-order valence-electron chi connectivity index (χ1n) is 13.5. The van der Waals surface area contributed by atoms with E-state index in [-0.39, 0.29) is 0 Å². The molecule has 0 aliphatic carbocycles. The first-order valence-corrected chi connectivity index (χ1v) is 13.5. The molecule has 0 heterocycles. The van der Waals surface area contributed by atoms with Crippen LogP contribution in [0.25, 0.3) is 0 Å². The molecule has 0 amide bonds. The Bertz CT molecular complexity index is 291. The molecule has 0 unspecified atom stereocenters. The quantitative estimate of drug-likeness (QED) is 0.148. The number of rotatable bonds is 29. The monoisotopic (exact) mass is 461 g/mol. The average molecular weight is 462 g/mol. The van der Waals surface area contributed by atoms with E-state index < -0.39 is 0 Å². The van der Waals surface area contributed by atoms with E-state index in [1.54, 1.807) is 0 Å². The van der Waals surface area contributed by atoms with Gasteiger partial charge in [0, 0.05) is 13.2 Å². The summed E-state index contributed by atoms with van der Waals surface area (Å²) in [5, 5.41) is 0. The number of hydrogen-bond donors (Lipinski definition) is 1. The molecule has 2 N–H and O–H groups in total. The minimum Gasteiger partial charge on any atom is -0.379 e. The van der Waals surface area contributed by atoms with Crippen molar-refractivity contribution >= 4 is 0 Å². The number of nitrogens with two attached hydrogens (primary N) is 1. The molecule has 6 nitrogen and oxygen atoms in total. The van der Waals surface area contributed by atoms with E-state index in [1.165, 1.54) is 83.5 Å². The Balaban J connectivity index is 2.98. The van der Waals surface area contributed by atoms with Crippen molar-refractivity contribution in [3.63, 3.8) is 0 Å². The van der Waals surface area contributed by atoms with Crippen molar-refractivity contribution in [1.82, 2.24) is 0 Å². The van der Waals surface area contributed by atoms with Crippen LogP contribution in [0.1, 0.15) is 96.8 Å². The fourth-order valence-corrected chi connectivity index (χ4v) is 3.46. The predicted molar refractivity (Wildman–Crippen MR) is 133 cm³/mol. The summed E-state index contributed by atoms with van der Waals surface area (Å²) >= 11 is 0. The molecule has 0 aromatic heterocycles. The van der Waals surface area contributed by atoms with Crippen molar-refractivity contribution in [1.29, 1.82) is 0 Å². The average Bonchev–Trinajstić information content (AvgIpc) is 2.81. The smallest absolute Gasteiger partial charge is 0.0701 e. The third-order valence-corrected chi connectivity index (χ3v) is 5.39. The molecule has 194 valence electrons. The molecule has 0 atom stereocenters. The van der Waals surface area contributed by atoms with Crippen LogP contribution in [0.4, 0.5) is 0 Å². The summed E-state index contributed by atoms with van der Waals surface area (Å²) in [6.45, 7) is 9.08. The number of ether oxygens (including phenoxy) is 5. The highest BCUT2D eigenvalue weighted by atomic mass is 16.6. The molecule has 0 spiro atoms. The first-order chi connectivity index (χ1) is 15.9.